The van der Waals surface area contributed by atoms with Crippen molar-refractivity contribution in [1.82, 2.24) is 4.90 Å². The summed E-state index contributed by atoms with van der Waals surface area (Å²) in [6, 6.07) is 25.1. The highest BCUT2D eigenvalue weighted by molar-refractivity contribution is 8.00. The highest BCUT2D eigenvalue weighted by Gasteiger charge is 2.14. The highest BCUT2D eigenvalue weighted by Crippen LogP contribution is 2.33. The lowest BCUT2D eigenvalue weighted by atomic mass is 10.2. The molecule has 4 rings (SSSR count). The second-order valence-electron chi connectivity index (χ2n) is 8.99. The fourth-order valence-corrected chi connectivity index (χ4v) is 5.40. The quantitative estimate of drug-likeness (QED) is 0.209. The van der Waals surface area contributed by atoms with Gasteiger partial charge >= 0.3 is 0 Å². The SMILES string of the molecule is Cc1cccc(N(Cc2ccccc2OCCCN2CCCCCC2)Sc2ccc(Cl)cc2)c1. The van der Waals surface area contributed by atoms with E-state index in [2.05, 4.69) is 76.8 Å². The largest absolute Gasteiger partial charge is 0.493 e. The Morgan fingerprint density at radius 3 is 2.44 bits per heavy atom. The van der Waals surface area contributed by atoms with Crippen molar-refractivity contribution < 1.29 is 4.74 Å². The number of hydrogen-bond acceptors (Lipinski definition) is 4. The Balaban J connectivity index is 1.43. The fourth-order valence-electron chi connectivity index (χ4n) is 4.34. The molecule has 1 aliphatic rings. The molecule has 180 valence electrons. The Hall–Kier alpha value is -2.14. The van der Waals surface area contributed by atoms with Crippen LogP contribution in [-0.2, 0) is 6.54 Å². The molecule has 0 saturated carbocycles. The minimum absolute atomic E-state index is 0.749. The number of para-hydroxylation sites is 1. The van der Waals surface area contributed by atoms with Gasteiger partial charge in [-0.1, -0.05) is 54.8 Å². The van der Waals surface area contributed by atoms with Crippen LogP contribution in [0.5, 0.6) is 5.75 Å². The maximum absolute atomic E-state index is 6.31. The molecule has 3 aromatic carbocycles. The lowest BCUT2D eigenvalue weighted by Crippen LogP contribution is -2.26. The number of hydrogen-bond donors (Lipinski definition) is 0. The molecule has 1 saturated heterocycles. The monoisotopic (exact) mass is 494 g/mol. The second-order valence-corrected chi connectivity index (χ2v) is 10.5. The van der Waals surface area contributed by atoms with Crippen molar-refractivity contribution in [2.45, 2.75) is 50.5 Å². The fraction of sp³-hybridized carbons (Fsp3) is 0.379. The van der Waals surface area contributed by atoms with Crippen molar-refractivity contribution in [3.8, 4) is 5.75 Å². The molecule has 3 aromatic rings. The molecule has 0 aliphatic carbocycles. The number of likely N-dealkylation sites (tertiary alicyclic amines) is 1. The first-order chi connectivity index (χ1) is 16.7. The topological polar surface area (TPSA) is 15.7 Å². The lowest BCUT2D eigenvalue weighted by molar-refractivity contribution is 0.239. The zero-order valence-corrected chi connectivity index (χ0v) is 21.7. The van der Waals surface area contributed by atoms with Crippen LogP contribution in [0.4, 0.5) is 5.69 Å². The van der Waals surface area contributed by atoms with E-state index in [1.807, 2.05) is 12.1 Å². The van der Waals surface area contributed by atoms with Gasteiger partial charge in [0.2, 0.25) is 0 Å². The van der Waals surface area contributed by atoms with Crippen LogP contribution in [0.2, 0.25) is 5.02 Å². The van der Waals surface area contributed by atoms with E-state index in [4.69, 9.17) is 16.3 Å². The van der Waals surface area contributed by atoms with Gasteiger partial charge in [-0.2, -0.15) is 0 Å². The summed E-state index contributed by atoms with van der Waals surface area (Å²) in [5.74, 6) is 0.979. The van der Waals surface area contributed by atoms with Crippen LogP contribution in [0.1, 0.15) is 43.2 Å². The molecule has 34 heavy (non-hydrogen) atoms. The summed E-state index contributed by atoms with van der Waals surface area (Å²) in [5.41, 5.74) is 3.62. The zero-order valence-electron chi connectivity index (χ0n) is 20.1. The van der Waals surface area contributed by atoms with Crippen LogP contribution in [0, 0.1) is 6.92 Å². The second kappa shape index (κ2) is 13.1. The maximum Gasteiger partial charge on any atom is 0.124 e. The van der Waals surface area contributed by atoms with Crippen molar-refractivity contribution in [2.24, 2.45) is 0 Å². The van der Waals surface area contributed by atoms with Gasteiger partial charge in [0.25, 0.3) is 0 Å². The predicted octanol–water partition coefficient (Wildman–Crippen LogP) is 8.01. The molecule has 3 nitrogen and oxygen atoms in total. The summed E-state index contributed by atoms with van der Waals surface area (Å²) < 4.78 is 8.63. The number of halogens is 1. The molecular weight excluding hydrogens is 460 g/mol. The molecule has 0 N–H and O–H groups in total. The van der Waals surface area contributed by atoms with Gasteiger partial charge in [0.05, 0.1) is 13.2 Å². The summed E-state index contributed by atoms with van der Waals surface area (Å²) >= 11 is 7.84. The van der Waals surface area contributed by atoms with E-state index < -0.39 is 0 Å². The number of rotatable bonds is 10. The number of nitrogens with zero attached hydrogens (tertiary/aromatic N) is 2. The third-order valence-electron chi connectivity index (χ3n) is 6.18. The number of anilines is 1. The van der Waals surface area contributed by atoms with E-state index in [1.165, 1.54) is 55.6 Å². The Bertz CT molecular complexity index is 1020. The Morgan fingerprint density at radius 2 is 1.68 bits per heavy atom. The van der Waals surface area contributed by atoms with Crippen molar-refractivity contribution in [3.05, 3.63) is 88.9 Å². The molecular formula is C29H35ClN2OS. The van der Waals surface area contributed by atoms with Crippen molar-refractivity contribution >= 4 is 29.2 Å². The van der Waals surface area contributed by atoms with E-state index in [0.717, 1.165) is 41.8 Å². The van der Waals surface area contributed by atoms with Gasteiger partial charge in [0.15, 0.2) is 0 Å². The highest BCUT2D eigenvalue weighted by atomic mass is 35.5. The number of ether oxygens (including phenoxy) is 1. The van der Waals surface area contributed by atoms with Gasteiger partial charge in [-0.05, 0) is 99.3 Å². The van der Waals surface area contributed by atoms with Gasteiger partial charge in [-0.3, -0.25) is 0 Å². The van der Waals surface area contributed by atoms with Crippen LogP contribution in [0.15, 0.2) is 77.7 Å². The average molecular weight is 495 g/mol. The molecule has 0 atom stereocenters. The molecule has 0 spiro atoms. The Labute approximate surface area is 214 Å². The van der Waals surface area contributed by atoms with E-state index in [9.17, 15) is 0 Å². The van der Waals surface area contributed by atoms with E-state index in [1.54, 1.807) is 11.9 Å². The van der Waals surface area contributed by atoms with E-state index in [0.29, 0.717) is 0 Å². The standard InChI is InChI=1S/C29H35ClN2OS/c1-24-10-8-12-27(22-24)32(34-28-16-14-26(30)15-17-28)23-25-11-4-5-13-29(25)33-21-9-20-31-18-6-2-3-7-19-31/h4-5,8,10-17,22H,2-3,6-7,9,18-21,23H2,1H3. The smallest absolute Gasteiger partial charge is 0.124 e. The van der Waals surface area contributed by atoms with Crippen LogP contribution in [0.25, 0.3) is 0 Å². The van der Waals surface area contributed by atoms with Gasteiger partial charge in [0.1, 0.15) is 5.75 Å². The summed E-state index contributed by atoms with van der Waals surface area (Å²) in [7, 11) is 0. The summed E-state index contributed by atoms with van der Waals surface area (Å²) in [6.07, 6.45) is 6.50. The number of benzene rings is 3. The molecule has 1 aliphatic heterocycles. The van der Waals surface area contributed by atoms with Gasteiger partial charge in [-0.15, -0.1) is 0 Å². The van der Waals surface area contributed by atoms with E-state index in [-0.39, 0.29) is 0 Å². The first-order valence-corrected chi connectivity index (χ1v) is 13.5. The van der Waals surface area contributed by atoms with Crippen LogP contribution in [0.3, 0.4) is 0 Å². The molecule has 0 aromatic heterocycles. The molecule has 0 radical (unpaired) electrons. The summed E-state index contributed by atoms with van der Waals surface area (Å²) in [4.78, 5) is 3.76. The van der Waals surface area contributed by atoms with Crippen molar-refractivity contribution in [3.63, 3.8) is 0 Å². The minimum Gasteiger partial charge on any atom is -0.493 e. The molecule has 1 fully saturated rings. The minimum atomic E-state index is 0.749. The molecule has 0 bridgehead atoms. The number of aryl methyl sites for hydroxylation is 1. The molecule has 5 heteroatoms. The van der Waals surface area contributed by atoms with Crippen LogP contribution in [-0.4, -0.2) is 31.1 Å². The molecule has 0 amide bonds. The van der Waals surface area contributed by atoms with Crippen molar-refractivity contribution in [1.29, 1.82) is 0 Å². The lowest BCUT2D eigenvalue weighted by Gasteiger charge is -2.25. The van der Waals surface area contributed by atoms with Gasteiger partial charge in [0, 0.05) is 27.7 Å². The Morgan fingerprint density at radius 1 is 0.912 bits per heavy atom. The Kier molecular flexibility index (Phi) is 9.61. The average Bonchev–Trinajstić information content (AvgIpc) is 3.12. The van der Waals surface area contributed by atoms with Crippen molar-refractivity contribution in [2.75, 3.05) is 30.5 Å². The van der Waals surface area contributed by atoms with Gasteiger partial charge in [-0.25, -0.2) is 0 Å². The normalized spacial score (nSPS) is 14.5. The molecule has 0 unspecified atom stereocenters. The zero-order chi connectivity index (χ0) is 23.6. The predicted molar refractivity (Wildman–Crippen MR) is 146 cm³/mol. The third kappa shape index (κ3) is 7.69. The summed E-state index contributed by atoms with van der Waals surface area (Å²) in [5, 5.41) is 0.755. The first-order valence-electron chi connectivity index (χ1n) is 12.4. The molecule has 1 heterocycles. The first kappa shape index (κ1) is 25.0. The van der Waals surface area contributed by atoms with Crippen LogP contribution < -0.4 is 9.04 Å². The third-order valence-corrected chi connectivity index (χ3v) is 7.48. The van der Waals surface area contributed by atoms with Crippen LogP contribution >= 0.6 is 23.5 Å². The summed E-state index contributed by atoms with van der Waals surface area (Å²) in [6.45, 7) is 7.25. The maximum atomic E-state index is 6.31. The van der Waals surface area contributed by atoms with Gasteiger partial charge < -0.3 is 13.9 Å². The van der Waals surface area contributed by atoms with E-state index >= 15 is 0 Å².